The number of carbonyl (C=O) groups excluding carboxylic acids is 1. The summed E-state index contributed by atoms with van der Waals surface area (Å²) in [6.45, 7) is 1.66. The molecule has 0 aliphatic carbocycles. The van der Waals surface area contributed by atoms with Crippen molar-refractivity contribution in [3.8, 4) is 5.75 Å². The van der Waals surface area contributed by atoms with E-state index in [0.717, 1.165) is 0 Å². The molecule has 1 aromatic carbocycles. The fourth-order valence-electron chi connectivity index (χ4n) is 1.31. The molecule has 60 valence electrons. The zero-order valence-electron chi connectivity index (χ0n) is 6.53. The van der Waals surface area contributed by atoms with Crippen LogP contribution in [0.1, 0.15) is 6.92 Å². The van der Waals surface area contributed by atoms with Crippen molar-refractivity contribution in [2.24, 2.45) is 4.99 Å². The summed E-state index contributed by atoms with van der Waals surface area (Å²) >= 11 is 0. The fourth-order valence-corrected chi connectivity index (χ4v) is 1.31. The van der Waals surface area contributed by atoms with E-state index in [1.165, 1.54) is 0 Å². The van der Waals surface area contributed by atoms with Gasteiger partial charge in [-0.15, -0.1) is 0 Å². The number of aromatic hydroxyl groups is 1. The van der Waals surface area contributed by atoms with Crippen LogP contribution in [-0.4, -0.2) is 11.0 Å². The Balaban J connectivity index is 3.04. The number of nitrogens with zero attached hydrogens (tertiary/aromatic N) is 1. The minimum Gasteiger partial charge on any atom is -0.507 e. The molecular formula is C9H7NO2. The van der Waals surface area contributed by atoms with E-state index in [2.05, 4.69) is 4.99 Å². The lowest BCUT2D eigenvalue weighted by Gasteiger charge is -1.90. The monoisotopic (exact) mass is 161 g/mol. The van der Waals surface area contributed by atoms with Crippen LogP contribution in [0.5, 0.6) is 5.75 Å². The van der Waals surface area contributed by atoms with Gasteiger partial charge in [0.25, 0.3) is 5.91 Å². The molecule has 0 fully saturated rings. The second kappa shape index (κ2) is 2.17. The fraction of sp³-hybridized carbons (Fsp3) is 0.111. The molecule has 1 aliphatic rings. The summed E-state index contributed by atoms with van der Waals surface area (Å²) in [7, 11) is 0. The standard InChI is InChI=1S/C9H7NO2/c1-5-8-6(10-9(5)12)3-2-4-7(8)11/h2-4,11H,1H3. The Morgan fingerprint density at radius 2 is 2.17 bits per heavy atom. The number of phenols is 1. The van der Waals surface area contributed by atoms with Gasteiger partial charge in [-0.05, 0) is 19.1 Å². The third kappa shape index (κ3) is 0.763. The van der Waals surface area contributed by atoms with Gasteiger partial charge in [-0.3, -0.25) is 4.79 Å². The molecule has 1 aromatic rings. The lowest BCUT2D eigenvalue weighted by atomic mass is 10.2. The molecule has 0 radical (unpaired) electrons. The summed E-state index contributed by atoms with van der Waals surface area (Å²) in [5.41, 5.74) is 0.517. The first-order valence-corrected chi connectivity index (χ1v) is 3.62. The quantitative estimate of drug-likeness (QED) is 0.569. The Morgan fingerprint density at radius 3 is 2.83 bits per heavy atom. The number of phenolic OH excluding ortho intramolecular Hbond substituents is 1. The molecule has 0 unspecified atom stereocenters. The van der Waals surface area contributed by atoms with Gasteiger partial charge < -0.3 is 5.11 Å². The maximum Gasteiger partial charge on any atom is 0.274 e. The van der Waals surface area contributed by atoms with E-state index < -0.39 is 0 Å². The Morgan fingerprint density at radius 1 is 1.42 bits per heavy atom. The van der Waals surface area contributed by atoms with Crippen LogP contribution in [0.2, 0.25) is 0 Å². The first-order valence-electron chi connectivity index (χ1n) is 3.62. The van der Waals surface area contributed by atoms with Gasteiger partial charge in [0.2, 0.25) is 0 Å². The van der Waals surface area contributed by atoms with Crippen LogP contribution in [0.25, 0.3) is 5.57 Å². The molecule has 12 heavy (non-hydrogen) atoms. The molecular weight excluding hydrogens is 154 g/mol. The average molecular weight is 161 g/mol. The maximum absolute atomic E-state index is 11.1. The first-order chi connectivity index (χ1) is 5.70. The smallest absolute Gasteiger partial charge is 0.274 e. The van der Waals surface area contributed by atoms with E-state index in [9.17, 15) is 9.90 Å². The zero-order chi connectivity index (χ0) is 8.72. The van der Waals surface area contributed by atoms with E-state index in [1.807, 2.05) is 0 Å². The predicted octanol–water partition coefficient (Wildman–Crippen LogP) is -0.277. The van der Waals surface area contributed by atoms with E-state index in [0.29, 0.717) is 16.1 Å². The van der Waals surface area contributed by atoms with Crippen molar-refractivity contribution in [3.63, 3.8) is 0 Å². The number of benzene rings is 1. The van der Waals surface area contributed by atoms with Crippen molar-refractivity contribution < 1.29 is 9.90 Å². The van der Waals surface area contributed by atoms with Gasteiger partial charge in [0, 0.05) is 5.57 Å². The Hall–Kier alpha value is -1.64. The highest BCUT2D eigenvalue weighted by molar-refractivity contribution is 6.14. The van der Waals surface area contributed by atoms with Gasteiger partial charge in [0.1, 0.15) is 5.75 Å². The van der Waals surface area contributed by atoms with Crippen LogP contribution in [0.3, 0.4) is 0 Å². The second-order valence-electron chi connectivity index (χ2n) is 2.71. The van der Waals surface area contributed by atoms with E-state index in [1.54, 1.807) is 25.1 Å². The van der Waals surface area contributed by atoms with Crippen molar-refractivity contribution in [1.82, 2.24) is 0 Å². The highest BCUT2D eigenvalue weighted by atomic mass is 16.3. The summed E-state index contributed by atoms with van der Waals surface area (Å²) in [6.07, 6.45) is 0. The number of fused-ring (bicyclic) bond motifs is 1. The van der Waals surface area contributed by atoms with Crippen LogP contribution in [-0.2, 0) is 4.79 Å². The summed E-state index contributed by atoms with van der Waals surface area (Å²) in [4.78, 5) is 14.8. The van der Waals surface area contributed by atoms with Gasteiger partial charge in [0.05, 0.1) is 10.6 Å². The van der Waals surface area contributed by atoms with E-state index >= 15 is 0 Å². The maximum atomic E-state index is 11.1. The number of hydrogen-bond donors (Lipinski definition) is 1. The molecule has 0 atom stereocenters. The molecule has 0 saturated carbocycles. The summed E-state index contributed by atoms with van der Waals surface area (Å²) in [6, 6.07) is 4.93. The lowest BCUT2D eigenvalue weighted by Crippen LogP contribution is -2.22. The summed E-state index contributed by atoms with van der Waals surface area (Å²) in [5.74, 6) is -0.133. The third-order valence-corrected chi connectivity index (χ3v) is 1.94. The molecule has 1 aliphatic heterocycles. The van der Waals surface area contributed by atoms with Crippen LogP contribution < -0.4 is 10.6 Å². The van der Waals surface area contributed by atoms with Gasteiger partial charge in [0.15, 0.2) is 0 Å². The van der Waals surface area contributed by atoms with Crippen LogP contribution >= 0.6 is 0 Å². The number of hydrogen-bond acceptors (Lipinski definition) is 2. The van der Waals surface area contributed by atoms with Gasteiger partial charge in [-0.1, -0.05) is 6.07 Å². The molecule has 2 rings (SSSR count). The van der Waals surface area contributed by atoms with Crippen LogP contribution in [0.4, 0.5) is 0 Å². The largest absolute Gasteiger partial charge is 0.507 e. The molecule has 3 nitrogen and oxygen atoms in total. The Labute approximate surface area is 68.7 Å². The van der Waals surface area contributed by atoms with Gasteiger partial charge >= 0.3 is 0 Å². The SMILES string of the molecule is CC1=c2c(O)cccc2=NC1=O. The lowest BCUT2D eigenvalue weighted by molar-refractivity contribution is -0.112. The molecule has 3 heteroatoms. The summed E-state index contributed by atoms with van der Waals surface area (Å²) < 4.78 is 0. The zero-order valence-corrected chi connectivity index (χ0v) is 6.53. The molecule has 0 aromatic heterocycles. The Bertz CT molecular complexity index is 474. The number of rotatable bonds is 0. The highest BCUT2D eigenvalue weighted by Crippen LogP contribution is 2.04. The first kappa shape index (κ1) is 7.03. The van der Waals surface area contributed by atoms with Crippen LogP contribution in [0, 0.1) is 0 Å². The molecule has 0 bridgehead atoms. The summed E-state index contributed by atoms with van der Waals surface area (Å²) in [5, 5.41) is 10.5. The Kier molecular flexibility index (Phi) is 1.27. The molecule has 1 N–H and O–H groups in total. The van der Waals surface area contributed by atoms with Gasteiger partial charge in [-0.25, -0.2) is 4.99 Å². The minimum atomic E-state index is -0.258. The van der Waals surface area contributed by atoms with Crippen molar-refractivity contribution >= 4 is 11.5 Å². The second-order valence-corrected chi connectivity index (χ2v) is 2.71. The third-order valence-electron chi connectivity index (χ3n) is 1.94. The number of amides is 1. The molecule has 1 amide bonds. The van der Waals surface area contributed by atoms with E-state index in [4.69, 9.17) is 0 Å². The van der Waals surface area contributed by atoms with Crippen molar-refractivity contribution in [1.29, 1.82) is 0 Å². The normalized spacial score (nSPS) is 14.4. The minimum absolute atomic E-state index is 0.125. The predicted molar refractivity (Wildman–Crippen MR) is 43.0 cm³/mol. The van der Waals surface area contributed by atoms with Crippen molar-refractivity contribution in [3.05, 3.63) is 28.8 Å². The topological polar surface area (TPSA) is 49.7 Å². The molecule has 0 saturated heterocycles. The molecule has 0 spiro atoms. The average Bonchev–Trinajstić information content (AvgIpc) is 2.29. The van der Waals surface area contributed by atoms with E-state index in [-0.39, 0.29) is 11.7 Å². The van der Waals surface area contributed by atoms with Crippen LogP contribution in [0.15, 0.2) is 23.2 Å². The van der Waals surface area contributed by atoms with Crippen molar-refractivity contribution in [2.45, 2.75) is 6.92 Å². The highest BCUT2D eigenvalue weighted by Gasteiger charge is 2.13. The molecule has 1 heterocycles. The van der Waals surface area contributed by atoms with Crippen molar-refractivity contribution in [2.75, 3.05) is 0 Å². The number of carbonyl (C=O) groups is 1. The van der Waals surface area contributed by atoms with Gasteiger partial charge in [-0.2, -0.15) is 0 Å².